The zero-order chi connectivity index (χ0) is 22.3. The number of nitrogens with one attached hydrogen (secondary N) is 2. The predicted molar refractivity (Wildman–Crippen MR) is 111 cm³/mol. The first-order chi connectivity index (χ1) is 14.1. The molecule has 0 saturated heterocycles. The summed E-state index contributed by atoms with van der Waals surface area (Å²) in [5.41, 5.74) is 2.30. The van der Waals surface area contributed by atoms with E-state index in [4.69, 9.17) is 0 Å². The Morgan fingerprint density at radius 2 is 1.73 bits per heavy atom. The number of carbonyl (C=O) groups is 1. The first kappa shape index (κ1) is 23.9. The van der Waals surface area contributed by atoms with E-state index in [9.17, 15) is 22.0 Å². The number of rotatable bonds is 10. The second kappa shape index (κ2) is 10.6. The van der Waals surface area contributed by atoms with Crippen molar-refractivity contribution in [3.8, 4) is 0 Å². The van der Waals surface area contributed by atoms with Gasteiger partial charge in [-0.15, -0.1) is 0 Å². The van der Waals surface area contributed by atoms with Crippen molar-refractivity contribution in [2.75, 3.05) is 27.2 Å². The number of aryl methyl sites for hydroxylation is 1. The Balaban J connectivity index is 1.87. The molecule has 0 aromatic heterocycles. The van der Waals surface area contributed by atoms with Crippen LogP contribution in [-0.4, -0.2) is 46.4 Å². The van der Waals surface area contributed by atoms with Crippen molar-refractivity contribution < 1.29 is 22.0 Å². The van der Waals surface area contributed by atoms with Crippen LogP contribution in [0, 0.1) is 11.6 Å². The van der Waals surface area contributed by atoms with E-state index in [2.05, 4.69) is 29.1 Å². The van der Waals surface area contributed by atoms with Gasteiger partial charge in [0.1, 0.15) is 0 Å². The van der Waals surface area contributed by atoms with Crippen LogP contribution in [0.5, 0.6) is 0 Å². The van der Waals surface area contributed by atoms with Crippen molar-refractivity contribution in [2.45, 2.75) is 30.7 Å². The highest BCUT2D eigenvalue weighted by molar-refractivity contribution is 7.89. The standard InChI is InChI=1S/C21H27F2N3O3S/c1-4-15-5-7-16(8-6-15)20(26(2)3)14-24-21(27)11-12-25-30(28,29)17-9-10-18(22)19(23)13-17/h5-10,13,20,25H,4,11-12,14H2,1-3H3,(H,24,27). The van der Waals surface area contributed by atoms with Crippen LogP contribution >= 0.6 is 0 Å². The highest BCUT2D eigenvalue weighted by Gasteiger charge is 2.18. The lowest BCUT2D eigenvalue weighted by Crippen LogP contribution is -2.36. The molecule has 2 aromatic carbocycles. The fourth-order valence-corrected chi connectivity index (χ4v) is 3.94. The zero-order valence-corrected chi connectivity index (χ0v) is 18.1. The van der Waals surface area contributed by atoms with Crippen molar-refractivity contribution >= 4 is 15.9 Å². The Kier molecular flexibility index (Phi) is 8.45. The lowest BCUT2D eigenvalue weighted by molar-refractivity contribution is -0.121. The summed E-state index contributed by atoms with van der Waals surface area (Å²) in [6.07, 6.45) is 0.863. The number of nitrogens with zero attached hydrogens (tertiary/aromatic N) is 1. The number of carbonyl (C=O) groups excluding carboxylic acids is 1. The van der Waals surface area contributed by atoms with Gasteiger partial charge >= 0.3 is 0 Å². The first-order valence-corrected chi connectivity index (χ1v) is 11.1. The fourth-order valence-electron chi connectivity index (χ4n) is 2.90. The zero-order valence-electron chi connectivity index (χ0n) is 17.3. The summed E-state index contributed by atoms with van der Waals surface area (Å²) < 4.78 is 52.7. The minimum atomic E-state index is -4.03. The largest absolute Gasteiger partial charge is 0.354 e. The highest BCUT2D eigenvalue weighted by Crippen LogP contribution is 2.18. The number of sulfonamides is 1. The van der Waals surface area contributed by atoms with Gasteiger partial charge in [0.25, 0.3) is 0 Å². The summed E-state index contributed by atoms with van der Waals surface area (Å²) in [5, 5.41) is 2.81. The van der Waals surface area contributed by atoms with Gasteiger partial charge in [0.15, 0.2) is 11.6 Å². The maximum Gasteiger partial charge on any atom is 0.240 e. The molecule has 2 rings (SSSR count). The molecule has 1 atom stereocenters. The van der Waals surface area contributed by atoms with Crippen molar-refractivity contribution in [3.05, 3.63) is 65.2 Å². The molecule has 6 nitrogen and oxygen atoms in total. The molecule has 0 heterocycles. The summed E-state index contributed by atoms with van der Waals surface area (Å²) in [5.74, 6) is -2.70. The molecule has 1 amide bonds. The summed E-state index contributed by atoms with van der Waals surface area (Å²) in [6, 6.07) is 10.5. The number of halogens is 2. The van der Waals surface area contributed by atoms with E-state index >= 15 is 0 Å². The Hall–Kier alpha value is -2.36. The molecular formula is C21H27F2N3O3S. The third-order valence-electron chi connectivity index (χ3n) is 4.73. The van der Waals surface area contributed by atoms with E-state index in [1.807, 2.05) is 31.1 Å². The molecule has 30 heavy (non-hydrogen) atoms. The monoisotopic (exact) mass is 439 g/mol. The normalized spacial score (nSPS) is 12.7. The van der Waals surface area contributed by atoms with E-state index in [1.165, 1.54) is 5.56 Å². The number of hydrogen-bond acceptors (Lipinski definition) is 4. The second-order valence-corrected chi connectivity index (χ2v) is 8.87. The van der Waals surface area contributed by atoms with Gasteiger partial charge in [-0.3, -0.25) is 4.79 Å². The van der Waals surface area contributed by atoms with E-state index in [0.29, 0.717) is 12.6 Å². The maximum absolute atomic E-state index is 13.2. The van der Waals surface area contributed by atoms with Crippen LogP contribution in [-0.2, 0) is 21.2 Å². The molecule has 1 unspecified atom stereocenters. The summed E-state index contributed by atoms with van der Waals surface area (Å²) in [7, 11) is -0.200. The molecule has 0 aliphatic rings. The molecule has 0 radical (unpaired) electrons. The summed E-state index contributed by atoms with van der Waals surface area (Å²) in [4.78, 5) is 13.7. The average Bonchev–Trinajstić information content (AvgIpc) is 2.70. The molecule has 9 heteroatoms. The van der Waals surface area contributed by atoms with Crippen molar-refractivity contribution in [1.29, 1.82) is 0 Å². The molecule has 0 bridgehead atoms. The summed E-state index contributed by atoms with van der Waals surface area (Å²) in [6.45, 7) is 2.29. The van der Waals surface area contributed by atoms with E-state index in [0.717, 1.165) is 24.1 Å². The molecule has 0 aliphatic carbocycles. The van der Waals surface area contributed by atoms with E-state index < -0.39 is 26.6 Å². The fraction of sp³-hybridized carbons (Fsp3) is 0.381. The van der Waals surface area contributed by atoms with Gasteiger partial charge in [0.05, 0.1) is 10.9 Å². The average molecular weight is 440 g/mol. The quantitative estimate of drug-likeness (QED) is 0.597. The lowest BCUT2D eigenvalue weighted by atomic mass is 10.0. The lowest BCUT2D eigenvalue weighted by Gasteiger charge is -2.25. The molecule has 0 aliphatic heterocycles. The first-order valence-electron chi connectivity index (χ1n) is 9.60. The number of likely N-dealkylation sites (N-methyl/N-ethyl adjacent to an activating group) is 1. The SMILES string of the molecule is CCc1ccc(C(CNC(=O)CCNS(=O)(=O)c2ccc(F)c(F)c2)N(C)C)cc1. The van der Waals surface area contributed by atoms with Crippen LogP contribution < -0.4 is 10.0 Å². The molecule has 0 spiro atoms. The molecule has 0 saturated carbocycles. The van der Waals surface area contributed by atoms with Gasteiger partial charge in [-0.1, -0.05) is 31.2 Å². The predicted octanol–water partition coefficient (Wildman–Crippen LogP) is 2.61. The Labute approximate surface area is 176 Å². The van der Waals surface area contributed by atoms with Crippen molar-refractivity contribution in [2.24, 2.45) is 0 Å². The number of amides is 1. The van der Waals surface area contributed by atoms with E-state index in [1.54, 1.807) is 0 Å². The van der Waals surface area contributed by atoms with Gasteiger partial charge in [0.2, 0.25) is 15.9 Å². The van der Waals surface area contributed by atoms with Crippen molar-refractivity contribution in [1.82, 2.24) is 14.9 Å². The molecule has 2 N–H and O–H groups in total. The minimum absolute atomic E-state index is 0.0289. The highest BCUT2D eigenvalue weighted by atomic mass is 32.2. The Morgan fingerprint density at radius 3 is 2.30 bits per heavy atom. The smallest absolute Gasteiger partial charge is 0.240 e. The van der Waals surface area contributed by atoms with Crippen LogP contribution in [0.4, 0.5) is 8.78 Å². The molecule has 164 valence electrons. The number of benzene rings is 2. The summed E-state index contributed by atoms with van der Waals surface area (Å²) >= 11 is 0. The Morgan fingerprint density at radius 1 is 1.07 bits per heavy atom. The van der Waals surface area contributed by atoms with Gasteiger partial charge in [-0.2, -0.15) is 0 Å². The topological polar surface area (TPSA) is 78.5 Å². The maximum atomic E-state index is 13.2. The third-order valence-corrected chi connectivity index (χ3v) is 6.19. The van der Waals surface area contributed by atoms with Gasteiger partial charge in [-0.05, 0) is 49.8 Å². The minimum Gasteiger partial charge on any atom is -0.354 e. The Bertz CT molecular complexity index is 964. The second-order valence-electron chi connectivity index (χ2n) is 7.10. The third kappa shape index (κ3) is 6.58. The van der Waals surface area contributed by atoms with Gasteiger partial charge in [0, 0.05) is 19.5 Å². The van der Waals surface area contributed by atoms with Crippen LogP contribution in [0.1, 0.15) is 30.5 Å². The molecule has 0 fully saturated rings. The van der Waals surface area contributed by atoms with Gasteiger partial charge < -0.3 is 10.2 Å². The van der Waals surface area contributed by atoms with Crippen LogP contribution in [0.25, 0.3) is 0 Å². The molecule has 2 aromatic rings. The van der Waals surface area contributed by atoms with Crippen LogP contribution in [0.2, 0.25) is 0 Å². The van der Waals surface area contributed by atoms with E-state index in [-0.39, 0.29) is 24.9 Å². The number of hydrogen-bond donors (Lipinski definition) is 2. The van der Waals surface area contributed by atoms with Crippen molar-refractivity contribution in [3.63, 3.8) is 0 Å². The van der Waals surface area contributed by atoms with Crippen LogP contribution in [0.3, 0.4) is 0 Å². The van der Waals surface area contributed by atoms with Gasteiger partial charge in [-0.25, -0.2) is 21.9 Å². The molecular weight excluding hydrogens is 412 g/mol. The van der Waals surface area contributed by atoms with Crippen LogP contribution in [0.15, 0.2) is 47.4 Å².